The van der Waals surface area contributed by atoms with Gasteiger partial charge in [-0.2, -0.15) is 0 Å². The van der Waals surface area contributed by atoms with Crippen LogP contribution in [0.15, 0.2) is 103 Å². The van der Waals surface area contributed by atoms with Crippen LogP contribution in [0.2, 0.25) is 0 Å². The van der Waals surface area contributed by atoms with Crippen molar-refractivity contribution in [3.05, 3.63) is 126 Å². The van der Waals surface area contributed by atoms with Gasteiger partial charge >= 0.3 is 0 Å². The van der Waals surface area contributed by atoms with Gasteiger partial charge in [0.05, 0.1) is 12.1 Å². The molecule has 4 aromatic carbocycles. The number of fused-ring (bicyclic) bond motifs is 10. The lowest BCUT2D eigenvalue weighted by atomic mass is 9.70. The van der Waals surface area contributed by atoms with Gasteiger partial charge in [0.25, 0.3) is 0 Å². The van der Waals surface area contributed by atoms with Gasteiger partial charge in [-0.3, -0.25) is 0 Å². The van der Waals surface area contributed by atoms with Crippen LogP contribution in [0, 0.1) is 0 Å². The summed E-state index contributed by atoms with van der Waals surface area (Å²) in [6.07, 6.45) is 4.31. The Bertz CT molecular complexity index is 1330. The highest BCUT2D eigenvalue weighted by Gasteiger charge is 2.51. The molecule has 3 aliphatic rings. The molecule has 2 aliphatic carbocycles. The van der Waals surface area contributed by atoms with Crippen molar-refractivity contribution in [3.63, 3.8) is 0 Å². The summed E-state index contributed by atoms with van der Waals surface area (Å²) in [6, 6.07) is 33.9. The Morgan fingerprint density at radius 1 is 0.581 bits per heavy atom. The molecule has 148 valence electrons. The van der Waals surface area contributed by atoms with Gasteiger partial charge in [-0.25, -0.2) is 0 Å². The third kappa shape index (κ3) is 2.02. The molecule has 7 rings (SSSR count). The van der Waals surface area contributed by atoms with Gasteiger partial charge in [0.1, 0.15) is 0 Å². The van der Waals surface area contributed by atoms with Gasteiger partial charge in [-0.15, -0.1) is 0 Å². The molecule has 0 aromatic heterocycles. The molecule has 0 bridgehead atoms. The van der Waals surface area contributed by atoms with Crippen LogP contribution in [-0.2, 0) is 5.41 Å². The normalized spacial score (nSPS) is 16.4. The zero-order valence-corrected chi connectivity index (χ0v) is 17.4. The van der Waals surface area contributed by atoms with E-state index in [1.165, 1.54) is 50.2 Å². The van der Waals surface area contributed by atoms with Crippen LogP contribution in [0.3, 0.4) is 0 Å². The second-order valence-corrected chi connectivity index (χ2v) is 8.78. The number of hydrogen-bond acceptors (Lipinski definition) is 2. The van der Waals surface area contributed by atoms with E-state index in [2.05, 4.69) is 120 Å². The van der Waals surface area contributed by atoms with Gasteiger partial charge in [0, 0.05) is 25.1 Å². The predicted molar refractivity (Wildman–Crippen MR) is 127 cm³/mol. The van der Waals surface area contributed by atoms with Gasteiger partial charge < -0.3 is 9.80 Å². The summed E-state index contributed by atoms with van der Waals surface area (Å²) in [7, 11) is 2.12. The Kier molecular flexibility index (Phi) is 3.22. The largest absolute Gasteiger partial charge is 0.361 e. The Morgan fingerprint density at radius 2 is 1.10 bits per heavy atom. The summed E-state index contributed by atoms with van der Waals surface area (Å²) in [5.74, 6) is 0. The van der Waals surface area contributed by atoms with Crippen LogP contribution in [-0.4, -0.2) is 18.6 Å². The summed E-state index contributed by atoms with van der Waals surface area (Å²) in [5, 5.41) is 0. The number of benzene rings is 4. The molecule has 1 spiro atoms. The Morgan fingerprint density at radius 3 is 1.61 bits per heavy atom. The molecule has 0 saturated carbocycles. The lowest BCUT2D eigenvalue weighted by Crippen LogP contribution is -2.26. The minimum Gasteiger partial charge on any atom is -0.361 e. The molecule has 2 nitrogen and oxygen atoms in total. The number of anilines is 1. The predicted octanol–water partition coefficient (Wildman–Crippen LogP) is 6.21. The van der Waals surface area contributed by atoms with E-state index in [-0.39, 0.29) is 5.41 Å². The quantitative estimate of drug-likeness (QED) is 0.325. The molecule has 1 aliphatic heterocycles. The van der Waals surface area contributed by atoms with Crippen LogP contribution in [0.4, 0.5) is 5.69 Å². The van der Waals surface area contributed by atoms with E-state index in [1.54, 1.807) is 0 Å². The molecule has 0 atom stereocenters. The standard InChI is InChI=1S/C29H22N2/c1-30-16-17-31(19-30)20-14-15-24-23-10-4-7-13-27(23)29(28(24)18-20)25-11-5-2-8-21(25)22-9-3-6-12-26(22)29/h2-18H,19H2,1H3. The maximum Gasteiger partial charge on any atom is 0.0938 e. The van der Waals surface area contributed by atoms with Crippen molar-refractivity contribution < 1.29 is 0 Å². The molecule has 0 saturated heterocycles. The molecule has 1 heterocycles. The summed E-state index contributed by atoms with van der Waals surface area (Å²) in [4.78, 5) is 4.53. The molecule has 31 heavy (non-hydrogen) atoms. The highest BCUT2D eigenvalue weighted by molar-refractivity contribution is 5.95. The van der Waals surface area contributed by atoms with Crippen molar-refractivity contribution in [1.29, 1.82) is 0 Å². The highest BCUT2D eigenvalue weighted by Crippen LogP contribution is 2.62. The monoisotopic (exact) mass is 398 g/mol. The Balaban J connectivity index is 1.60. The SMILES string of the molecule is CN1C=CN(c2ccc3c(c2)C2(c4ccccc4-c4ccccc42)c2ccccc2-3)C1. The Hall–Kier alpha value is -3.78. The Labute approximate surface area is 182 Å². The molecule has 0 radical (unpaired) electrons. The van der Waals surface area contributed by atoms with E-state index >= 15 is 0 Å². The summed E-state index contributed by atoms with van der Waals surface area (Å²) in [6.45, 7) is 0.881. The molecule has 0 N–H and O–H groups in total. The number of nitrogens with zero attached hydrogens (tertiary/aromatic N) is 2. The number of hydrogen-bond donors (Lipinski definition) is 0. The fraction of sp³-hybridized carbons (Fsp3) is 0.103. The van der Waals surface area contributed by atoms with Crippen molar-refractivity contribution in [1.82, 2.24) is 4.90 Å². The van der Waals surface area contributed by atoms with Crippen LogP contribution >= 0.6 is 0 Å². The average molecular weight is 399 g/mol. The van der Waals surface area contributed by atoms with Crippen molar-refractivity contribution in [2.45, 2.75) is 5.41 Å². The van der Waals surface area contributed by atoms with Crippen molar-refractivity contribution in [3.8, 4) is 22.3 Å². The van der Waals surface area contributed by atoms with E-state index in [0.717, 1.165) is 6.67 Å². The van der Waals surface area contributed by atoms with Crippen molar-refractivity contribution >= 4 is 5.69 Å². The van der Waals surface area contributed by atoms with Crippen molar-refractivity contribution in [2.24, 2.45) is 0 Å². The van der Waals surface area contributed by atoms with Crippen molar-refractivity contribution in [2.75, 3.05) is 18.6 Å². The van der Waals surface area contributed by atoms with E-state index in [4.69, 9.17) is 0 Å². The molecular weight excluding hydrogens is 376 g/mol. The third-order valence-electron chi connectivity index (χ3n) is 7.19. The fourth-order valence-corrected chi connectivity index (χ4v) is 5.96. The summed E-state index contributed by atoms with van der Waals surface area (Å²) < 4.78 is 0. The zero-order chi connectivity index (χ0) is 20.6. The summed E-state index contributed by atoms with van der Waals surface area (Å²) >= 11 is 0. The first-order chi connectivity index (χ1) is 15.3. The van der Waals surface area contributed by atoms with Gasteiger partial charge in [0.2, 0.25) is 0 Å². The highest BCUT2D eigenvalue weighted by atomic mass is 15.3. The third-order valence-corrected chi connectivity index (χ3v) is 7.19. The molecule has 4 aromatic rings. The van der Waals surface area contributed by atoms with E-state index in [9.17, 15) is 0 Å². The van der Waals surface area contributed by atoms with Gasteiger partial charge in [-0.05, 0) is 56.6 Å². The van der Waals surface area contributed by atoms with E-state index < -0.39 is 0 Å². The topological polar surface area (TPSA) is 6.48 Å². The van der Waals surface area contributed by atoms with Gasteiger partial charge in [0.15, 0.2) is 0 Å². The van der Waals surface area contributed by atoms with Crippen LogP contribution < -0.4 is 4.90 Å². The lowest BCUT2D eigenvalue weighted by molar-refractivity contribution is 0.495. The van der Waals surface area contributed by atoms with Gasteiger partial charge in [-0.1, -0.05) is 78.9 Å². The van der Waals surface area contributed by atoms with Crippen LogP contribution in [0.25, 0.3) is 22.3 Å². The molecule has 0 amide bonds. The minimum atomic E-state index is -0.259. The average Bonchev–Trinajstić information content (AvgIpc) is 3.47. The van der Waals surface area contributed by atoms with Crippen LogP contribution in [0.1, 0.15) is 22.3 Å². The molecule has 2 heteroatoms. The van der Waals surface area contributed by atoms with Crippen LogP contribution in [0.5, 0.6) is 0 Å². The minimum absolute atomic E-state index is 0.259. The smallest absolute Gasteiger partial charge is 0.0938 e. The first-order valence-corrected chi connectivity index (χ1v) is 10.9. The molecular formula is C29H22N2. The second kappa shape index (κ2) is 5.89. The second-order valence-electron chi connectivity index (χ2n) is 8.78. The lowest BCUT2D eigenvalue weighted by Gasteiger charge is -2.31. The first kappa shape index (κ1) is 17.0. The maximum absolute atomic E-state index is 2.43. The first-order valence-electron chi connectivity index (χ1n) is 10.9. The fourth-order valence-electron chi connectivity index (χ4n) is 5.96. The molecule has 0 unspecified atom stereocenters. The van der Waals surface area contributed by atoms with E-state index in [0.29, 0.717) is 0 Å². The zero-order valence-electron chi connectivity index (χ0n) is 17.4. The van der Waals surface area contributed by atoms with E-state index in [1.807, 2.05) is 0 Å². The molecule has 0 fully saturated rings. The summed E-state index contributed by atoms with van der Waals surface area (Å²) in [5.41, 5.74) is 12.0. The number of rotatable bonds is 1. The maximum atomic E-state index is 2.43.